The van der Waals surface area contributed by atoms with Crippen LogP contribution in [0.5, 0.6) is 0 Å². The van der Waals surface area contributed by atoms with Crippen molar-refractivity contribution in [3.63, 3.8) is 0 Å². The standard InChI is InChI=1S/C21H25N7OS/c1-14-6-5-7-15(2)19(14)23-18(29)13-30-21-24-20(26-27-21)25-22-12-16-8-10-17(11-9-16)28(3)4/h5-12H,13H2,1-4H3,(H,23,29)(H2,24,25,26,27)/b22-12-. The summed E-state index contributed by atoms with van der Waals surface area (Å²) in [5.41, 5.74) is 7.82. The van der Waals surface area contributed by atoms with Crippen LogP contribution in [0.4, 0.5) is 17.3 Å². The number of para-hydroxylation sites is 1. The number of aromatic amines is 1. The van der Waals surface area contributed by atoms with E-state index in [1.165, 1.54) is 11.8 Å². The van der Waals surface area contributed by atoms with Crippen molar-refractivity contribution in [3.05, 3.63) is 59.2 Å². The fourth-order valence-electron chi connectivity index (χ4n) is 2.70. The summed E-state index contributed by atoms with van der Waals surface area (Å²) in [5.74, 6) is 0.525. The van der Waals surface area contributed by atoms with Crippen molar-refractivity contribution in [3.8, 4) is 0 Å². The minimum atomic E-state index is -0.101. The quantitative estimate of drug-likeness (QED) is 0.291. The molecule has 0 saturated carbocycles. The molecule has 0 atom stereocenters. The Bertz CT molecular complexity index is 1010. The van der Waals surface area contributed by atoms with Crippen LogP contribution in [0.2, 0.25) is 0 Å². The average Bonchev–Trinajstić information content (AvgIpc) is 3.17. The van der Waals surface area contributed by atoms with Crippen LogP contribution in [0.15, 0.2) is 52.7 Å². The zero-order chi connectivity index (χ0) is 21.5. The van der Waals surface area contributed by atoms with Crippen LogP contribution in [0.3, 0.4) is 0 Å². The van der Waals surface area contributed by atoms with Crippen LogP contribution in [-0.2, 0) is 4.79 Å². The molecule has 3 aromatic rings. The third kappa shape index (κ3) is 5.84. The van der Waals surface area contributed by atoms with Gasteiger partial charge in [0, 0.05) is 25.5 Å². The number of aryl methyl sites for hydroxylation is 2. The summed E-state index contributed by atoms with van der Waals surface area (Å²) in [7, 11) is 4.00. The number of hydrogen-bond donors (Lipinski definition) is 3. The van der Waals surface area contributed by atoms with E-state index in [2.05, 4.69) is 31.0 Å². The van der Waals surface area contributed by atoms with E-state index in [4.69, 9.17) is 0 Å². The van der Waals surface area contributed by atoms with Gasteiger partial charge in [-0.3, -0.25) is 4.79 Å². The number of thioether (sulfide) groups is 1. The molecule has 9 heteroatoms. The molecular formula is C21H25N7OS. The lowest BCUT2D eigenvalue weighted by Gasteiger charge is -2.11. The van der Waals surface area contributed by atoms with Gasteiger partial charge in [-0.25, -0.2) is 10.5 Å². The fraction of sp³-hybridized carbons (Fsp3) is 0.238. The van der Waals surface area contributed by atoms with E-state index in [9.17, 15) is 4.79 Å². The number of carbonyl (C=O) groups excluding carboxylic acids is 1. The van der Waals surface area contributed by atoms with Crippen LogP contribution in [-0.4, -0.2) is 47.2 Å². The monoisotopic (exact) mass is 423 g/mol. The maximum Gasteiger partial charge on any atom is 0.240 e. The molecule has 0 unspecified atom stereocenters. The molecule has 0 spiro atoms. The first-order valence-corrected chi connectivity index (χ1v) is 10.4. The van der Waals surface area contributed by atoms with Crippen molar-refractivity contribution in [2.45, 2.75) is 19.0 Å². The lowest BCUT2D eigenvalue weighted by molar-refractivity contribution is -0.113. The number of anilines is 3. The second kappa shape index (κ2) is 9.93. The van der Waals surface area contributed by atoms with Gasteiger partial charge in [-0.05, 0) is 42.7 Å². The Labute approximate surface area is 180 Å². The van der Waals surface area contributed by atoms with E-state index < -0.39 is 0 Å². The SMILES string of the molecule is Cc1cccc(C)c1NC(=O)CSc1n[nH]c(N/N=C\c2ccc(N(C)C)cc2)n1. The molecule has 0 radical (unpaired) electrons. The summed E-state index contributed by atoms with van der Waals surface area (Å²) < 4.78 is 0. The maximum absolute atomic E-state index is 12.3. The molecule has 8 nitrogen and oxygen atoms in total. The Balaban J connectivity index is 1.48. The molecule has 0 bridgehead atoms. The molecule has 30 heavy (non-hydrogen) atoms. The van der Waals surface area contributed by atoms with Gasteiger partial charge in [0.1, 0.15) is 0 Å². The normalized spacial score (nSPS) is 10.9. The van der Waals surface area contributed by atoms with Gasteiger partial charge in [0.25, 0.3) is 0 Å². The molecule has 0 fully saturated rings. The summed E-state index contributed by atoms with van der Waals surface area (Å²) in [4.78, 5) is 18.6. The molecule has 1 heterocycles. The topological polar surface area (TPSA) is 98.3 Å². The number of H-pyrrole nitrogens is 1. The zero-order valence-electron chi connectivity index (χ0n) is 17.4. The van der Waals surface area contributed by atoms with Gasteiger partial charge < -0.3 is 10.2 Å². The van der Waals surface area contributed by atoms with Gasteiger partial charge in [0.05, 0.1) is 12.0 Å². The molecule has 3 rings (SSSR count). The highest BCUT2D eigenvalue weighted by Crippen LogP contribution is 2.20. The highest BCUT2D eigenvalue weighted by molar-refractivity contribution is 7.99. The first-order valence-electron chi connectivity index (χ1n) is 9.40. The van der Waals surface area contributed by atoms with Crippen LogP contribution < -0.4 is 15.6 Å². The first-order chi connectivity index (χ1) is 14.4. The molecule has 0 saturated heterocycles. The number of aromatic nitrogens is 3. The van der Waals surface area contributed by atoms with E-state index in [-0.39, 0.29) is 11.7 Å². The third-order valence-corrected chi connectivity index (χ3v) is 5.18. The van der Waals surface area contributed by atoms with Gasteiger partial charge in [-0.15, -0.1) is 5.10 Å². The summed E-state index contributed by atoms with van der Waals surface area (Å²) in [6, 6.07) is 13.9. The number of hydrogen-bond acceptors (Lipinski definition) is 7. The third-order valence-electron chi connectivity index (χ3n) is 4.34. The van der Waals surface area contributed by atoms with Crippen LogP contribution in [0, 0.1) is 13.8 Å². The maximum atomic E-state index is 12.3. The van der Waals surface area contributed by atoms with E-state index in [1.807, 2.05) is 75.3 Å². The minimum Gasteiger partial charge on any atom is -0.378 e. The molecule has 1 aromatic heterocycles. The smallest absolute Gasteiger partial charge is 0.240 e. The molecule has 2 aromatic carbocycles. The van der Waals surface area contributed by atoms with Gasteiger partial charge in [-0.1, -0.05) is 42.1 Å². The molecule has 0 aliphatic carbocycles. The van der Waals surface area contributed by atoms with Crippen LogP contribution >= 0.6 is 11.8 Å². The second-order valence-electron chi connectivity index (χ2n) is 6.93. The Kier molecular flexibility index (Phi) is 7.08. The molecule has 0 aliphatic heterocycles. The highest BCUT2D eigenvalue weighted by Gasteiger charge is 2.10. The number of hydrazone groups is 1. The minimum absolute atomic E-state index is 0.101. The van der Waals surface area contributed by atoms with E-state index in [1.54, 1.807) is 6.21 Å². The van der Waals surface area contributed by atoms with Crippen molar-refractivity contribution in [2.75, 3.05) is 35.5 Å². The van der Waals surface area contributed by atoms with Crippen molar-refractivity contribution in [1.82, 2.24) is 15.2 Å². The lowest BCUT2D eigenvalue weighted by atomic mass is 10.1. The van der Waals surface area contributed by atoms with Crippen molar-refractivity contribution < 1.29 is 4.79 Å². The highest BCUT2D eigenvalue weighted by atomic mass is 32.2. The van der Waals surface area contributed by atoms with Gasteiger partial charge in [-0.2, -0.15) is 10.1 Å². The Morgan fingerprint density at radius 3 is 2.53 bits per heavy atom. The number of nitrogens with one attached hydrogen (secondary N) is 3. The number of nitrogens with zero attached hydrogens (tertiary/aromatic N) is 4. The molecule has 3 N–H and O–H groups in total. The average molecular weight is 424 g/mol. The Morgan fingerprint density at radius 2 is 1.87 bits per heavy atom. The van der Waals surface area contributed by atoms with E-state index >= 15 is 0 Å². The van der Waals surface area contributed by atoms with E-state index in [0.717, 1.165) is 28.1 Å². The molecule has 1 amide bonds. The molecular weight excluding hydrogens is 398 g/mol. The number of rotatable bonds is 8. The van der Waals surface area contributed by atoms with Crippen LogP contribution in [0.1, 0.15) is 16.7 Å². The van der Waals surface area contributed by atoms with Gasteiger partial charge in [0.2, 0.25) is 17.0 Å². The summed E-state index contributed by atoms with van der Waals surface area (Å²) >= 11 is 1.25. The second-order valence-corrected chi connectivity index (χ2v) is 7.87. The Hall–Kier alpha value is -3.33. The number of amides is 1. The van der Waals surface area contributed by atoms with Crippen molar-refractivity contribution in [2.24, 2.45) is 5.10 Å². The summed E-state index contributed by atoms with van der Waals surface area (Å²) in [5, 5.41) is 14.4. The van der Waals surface area contributed by atoms with E-state index in [0.29, 0.717) is 11.1 Å². The predicted octanol–water partition coefficient (Wildman–Crippen LogP) is 3.66. The van der Waals surface area contributed by atoms with Crippen molar-refractivity contribution in [1.29, 1.82) is 0 Å². The van der Waals surface area contributed by atoms with Crippen LogP contribution in [0.25, 0.3) is 0 Å². The molecule has 156 valence electrons. The largest absolute Gasteiger partial charge is 0.378 e. The number of carbonyl (C=O) groups is 1. The number of benzene rings is 2. The lowest BCUT2D eigenvalue weighted by Crippen LogP contribution is -2.15. The summed E-state index contributed by atoms with van der Waals surface area (Å²) in [6.45, 7) is 3.94. The zero-order valence-corrected chi connectivity index (χ0v) is 18.2. The van der Waals surface area contributed by atoms with Crippen molar-refractivity contribution >= 4 is 41.2 Å². The fourth-order valence-corrected chi connectivity index (χ4v) is 3.30. The van der Waals surface area contributed by atoms with Gasteiger partial charge >= 0.3 is 0 Å². The first kappa shape index (κ1) is 21.4. The summed E-state index contributed by atoms with van der Waals surface area (Å²) in [6.07, 6.45) is 1.70. The Morgan fingerprint density at radius 1 is 1.17 bits per heavy atom. The molecule has 0 aliphatic rings. The predicted molar refractivity (Wildman–Crippen MR) is 124 cm³/mol. The van der Waals surface area contributed by atoms with Gasteiger partial charge in [0.15, 0.2) is 0 Å².